The second-order valence-electron chi connectivity index (χ2n) is 3.61. The van der Waals surface area contributed by atoms with Crippen molar-refractivity contribution in [1.29, 1.82) is 0 Å². The van der Waals surface area contributed by atoms with Gasteiger partial charge in [-0.25, -0.2) is 0 Å². The van der Waals surface area contributed by atoms with Crippen LogP contribution in [0, 0.1) is 5.38 Å². The van der Waals surface area contributed by atoms with Crippen LogP contribution in [0.15, 0.2) is 24.3 Å². The van der Waals surface area contributed by atoms with E-state index in [2.05, 4.69) is 5.38 Å². The summed E-state index contributed by atoms with van der Waals surface area (Å²) in [5.41, 5.74) is 3.02. The Morgan fingerprint density at radius 3 is 2.62 bits per heavy atom. The van der Waals surface area contributed by atoms with Gasteiger partial charge in [0.1, 0.15) is 4.34 Å². The van der Waals surface area contributed by atoms with Gasteiger partial charge in [0.25, 0.3) is 0 Å². The smallest absolute Gasteiger partial charge is 0.103 e. The number of anilines is 1. The van der Waals surface area contributed by atoms with Gasteiger partial charge in [-0.05, 0) is 17.7 Å². The van der Waals surface area contributed by atoms with E-state index in [4.69, 9.17) is 23.2 Å². The first-order chi connectivity index (χ1) is 7.59. The van der Waals surface area contributed by atoms with Gasteiger partial charge in [0.15, 0.2) is 0 Å². The number of hydrogen-bond donors (Lipinski definition) is 0. The number of rotatable bonds is 2. The van der Waals surface area contributed by atoms with Crippen LogP contribution in [0.2, 0.25) is 9.36 Å². The Balaban J connectivity index is 2.59. The lowest BCUT2D eigenvalue weighted by atomic mass is 10.1. The Hall–Kier alpha value is -0.700. The Morgan fingerprint density at radius 1 is 1.25 bits per heavy atom. The van der Waals surface area contributed by atoms with Crippen LogP contribution in [0.4, 0.5) is 5.69 Å². The minimum absolute atomic E-state index is 0.712. The standard InChI is InChI=1S/C12H10Cl2NS/c1-15(2)10-7-16-12(14)11(10)8-4-3-5-9(13)6-8/h3-6H,1-2H3. The monoisotopic (exact) mass is 270 g/mol. The molecular formula is C12H10Cl2NS. The second-order valence-corrected chi connectivity index (χ2v) is 5.46. The maximum absolute atomic E-state index is 6.19. The van der Waals surface area contributed by atoms with Crippen molar-refractivity contribution < 1.29 is 0 Å². The van der Waals surface area contributed by atoms with Crippen LogP contribution in [-0.4, -0.2) is 14.1 Å². The molecule has 0 N–H and O–H groups in total. The summed E-state index contributed by atoms with van der Waals surface area (Å²) in [5.74, 6) is 0. The molecule has 0 unspecified atom stereocenters. The summed E-state index contributed by atoms with van der Waals surface area (Å²) in [6.45, 7) is 0. The SMILES string of the molecule is CN(C)c1[c]sc(Cl)c1-c1cccc(Cl)c1. The van der Waals surface area contributed by atoms with E-state index in [1.165, 1.54) is 11.3 Å². The summed E-state index contributed by atoms with van der Waals surface area (Å²) in [6, 6.07) is 7.69. The van der Waals surface area contributed by atoms with Gasteiger partial charge < -0.3 is 4.90 Å². The fourth-order valence-electron chi connectivity index (χ4n) is 1.50. The molecule has 16 heavy (non-hydrogen) atoms. The fraction of sp³-hybridized carbons (Fsp3) is 0.167. The molecule has 1 heterocycles. The molecule has 0 bridgehead atoms. The van der Waals surface area contributed by atoms with Crippen molar-refractivity contribution in [3.05, 3.63) is 39.0 Å². The fourth-order valence-corrected chi connectivity index (χ4v) is 2.79. The highest BCUT2D eigenvalue weighted by Gasteiger charge is 2.14. The second kappa shape index (κ2) is 4.66. The summed E-state index contributed by atoms with van der Waals surface area (Å²) in [7, 11) is 3.95. The molecule has 0 saturated carbocycles. The van der Waals surface area contributed by atoms with Crippen molar-refractivity contribution in [1.82, 2.24) is 0 Å². The van der Waals surface area contributed by atoms with E-state index in [-0.39, 0.29) is 0 Å². The first-order valence-electron chi connectivity index (χ1n) is 4.73. The van der Waals surface area contributed by atoms with Crippen LogP contribution in [0.3, 0.4) is 0 Å². The molecule has 1 radical (unpaired) electrons. The summed E-state index contributed by atoms with van der Waals surface area (Å²) in [6.07, 6.45) is 0. The van der Waals surface area contributed by atoms with Crippen LogP contribution >= 0.6 is 34.5 Å². The number of benzene rings is 1. The molecule has 1 aromatic carbocycles. The van der Waals surface area contributed by atoms with Crippen molar-refractivity contribution in [3.63, 3.8) is 0 Å². The molecular weight excluding hydrogens is 261 g/mol. The van der Waals surface area contributed by atoms with Gasteiger partial charge in [-0.2, -0.15) is 0 Å². The average molecular weight is 271 g/mol. The van der Waals surface area contributed by atoms with E-state index < -0.39 is 0 Å². The highest BCUT2D eigenvalue weighted by atomic mass is 35.5. The lowest BCUT2D eigenvalue weighted by Crippen LogP contribution is -2.08. The molecule has 4 heteroatoms. The number of halogens is 2. The first-order valence-corrected chi connectivity index (χ1v) is 6.30. The summed E-state index contributed by atoms with van der Waals surface area (Å²) in [5, 5.41) is 3.90. The van der Waals surface area contributed by atoms with Gasteiger partial charge >= 0.3 is 0 Å². The van der Waals surface area contributed by atoms with Crippen LogP contribution in [-0.2, 0) is 0 Å². The lowest BCUT2D eigenvalue weighted by molar-refractivity contribution is 1.14. The zero-order valence-corrected chi connectivity index (χ0v) is 11.2. The van der Waals surface area contributed by atoms with Crippen LogP contribution < -0.4 is 4.90 Å². The largest absolute Gasteiger partial charge is 0.376 e. The van der Waals surface area contributed by atoms with E-state index in [1.807, 2.05) is 43.3 Å². The van der Waals surface area contributed by atoms with E-state index in [0.717, 1.165) is 21.2 Å². The predicted octanol–water partition coefficient (Wildman–Crippen LogP) is 4.59. The molecule has 1 nitrogen and oxygen atoms in total. The highest BCUT2D eigenvalue weighted by Crippen LogP contribution is 2.41. The summed E-state index contributed by atoms with van der Waals surface area (Å²) >= 11 is 13.6. The van der Waals surface area contributed by atoms with Gasteiger partial charge in [0.05, 0.1) is 11.1 Å². The molecule has 0 atom stereocenters. The van der Waals surface area contributed by atoms with E-state index in [1.54, 1.807) is 0 Å². The van der Waals surface area contributed by atoms with Gasteiger partial charge in [0, 0.05) is 24.7 Å². The molecule has 0 fully saturated rings. The van der Waals surface area contributed by atoms with E-state index >= 15 is 0 Å². The average Bonchev–Trinajstić information content (AvgIpc) is 2.60. The summed E-state index contributed by atoms with van der Waals surface area (Å²) < 4.78 is 0.742. The van der Waals surface area contributed by atoms with Gasteiger partial charge in [-0.1, -0.05) is 35.3 Å². The first kappa shape index (κ1) is 11.8. The molecule has 2 rings (SSSR count). The maximum atomic E-state index is 6.19. The zero-order valence-electron chi connectivity index (χ0n) is 8.92. The normalized spacial score (nSPS) is 10.5. The van der Waals surface area contributed by atoms with E-state index in [0.29, 0.717) is 5.02 Å². The number of hydrogen-bond acceptors (Lipinski definition) is 2. The van der Waals surface area contributed by atoms with Crippen molar-refractivity contribution in [2.75, 3.05) is 19.0 Å². The Morgan fingerprint density at radius 2 is 2.00 bits per heavy atom. The molecule has 0 saturated heterocycles. The number of nitrogens with zero attached hydrogens (tertiary/aromatic N) is 1. The van der Waals surface area contributed by atoms with Gasteiger partial charge in [-0.15, -0.1) is 11.3 Å². The lowest BCUT2D eigenvalue weighted by Gasteiger charge is -2.13. The Kier molecular flexibility index (Phi) is 3.43. The molecule has 0 aliphatic carbocycles. The van der Waals surface area contributed by atoms with Gasteiger partial charge in [0.2, 0.25) is 0 Å². The van der Waals surface area contributed by atoms with Crippen molar-refractivity contribution in [2.45, 2.75) is 0 Å². The topological polar surface area (TPSA) is 3.24 Å². The highest BCUT2D eigenvalue weighted by molar-refractivity contribution is 7.15. The minimum atomic E-state index is 0.712. The van der Waals surface area contributed by atoms with Crippen molar-refractivity contribution >= 4 is 40.2 Å². The van der Waals surface area contributed by atoms with Crippen molar-refractivity contribution in [3.8, 4) is 11.1 Å². The zero-order chi connectivity index (χ0) is 11.7. The number of thiophene rings is 1. The van der Waals surface area contributed by atoms with Gasteiger partial charge in [-0.3, -0.25) is 0 Å². The Bertz CT molecular complexity index is 505. The van der Waals surface area contributed by atoms with E-state index in [9.17, 15) is 0 Å². The quantitative estimate of drug-likeness (QED) is 0.772. The third kappa shape index (κ3) is 2.19. The third-order valence-corrected chi connectivity index (χ3v) is 3.57. The van der Waals surface area contributed by atoms with Crippen LogP contribution in [0.25, 0.3) is 11.1 Å². The molecule has 0 aliphatic heterocycles. The molecule has 0 amide bonds. The maximum Gasteiger partial charge on any atom is 0.103 e. The molecule has 83 valence electrons. The van der Waals surface area contributed by atoms with Crippen molar-refractivity contribution in [2.24, 2.45) is 0 Å². The Labute approximate surface area is 109 Å². The molecule has 1 aromatic heterocycles. The third-order valence-electron chi connectivity index (χ3n) is 2.23. The molecule has 0 spiro atoms. The summed E-state index contributed by atoms with van der Waals surface area (Å²) in [4.78, 5) is 2.00. The van der Waals surface area contributed by atoms with Crippen LogP contribution in [0.1, 0.15) is 0 Å². The van der Waals surface area contributed by atoms with Crippen LogP contribution in [0.5, 0.6) is 0 Å². The molecule has 2 aromatic rings. The predicted molar refractivity (Wildman–Crippen MR) is 72.9 cm³/mol. The minimum Gasteiger partial charge on any atom is -0.376 e. The molecule has 0 aliphatic rings.